The molecule has 1 fully saturated rings. The summed E-state index contributed by atoms with van der Waals surface area (Å²) >= 11 is 0. The Balaban J connectivity index is 1.33. The molecule has 2 atom stereocenters. The summed E-state index contributed by atoms with van der Waals surface area (Å²) in [5.41, 5.74) is 8.66. The summed E-state index contributed by atoms with van der Waals surface area (Å²) in [4.78, 5) is 30.4. The predicted molar refractivity (Wildman–Crippen MR) is 204 cm³/mol. The molecule has 1 saturated heterocycles. The highest BCUT2D eigenvalue weighted by atomic mass is 16.5. The van der Waals surface area contributed by atoms with Gasteiger partial charge in [-0.15, -0.1) is 0 Å². The van der Waals surface area contributed by atoms with Crippen molar-refractivity contribution in [3.63, 3.8) is 0 Å². The topological polar surface area (TPSA) is 87.8 Å². The van der Waals surface area contributed by atoms with Crippen molar-refractivity contribution in [2.24, 2.45) is 23.8 Å². The number of ether oxygens (including phenoxy) is 2. The summed E-state index contributed by atoms with van der Waals surface area (Å²) in [5.74, 6) is 1.88. The zero-order valence-corrected chi connectivity index (χ0v) is 32.6. The Kier molecular flexibility index (Phi) is 10.9. The lowest BCUT2D eigenvalue weighted by Crippen LogP contribution is -2.46. The molecule has 8 nitrogen and oxygen atoms in total. The number of pyridine rings is 1. The van der Waals surface area contributed by atoms with Gasteiger partial charge in [0, 0.05) is 44.0 Å². The summed E-state index contributed by atoms with van der Waals surface area (Å²) in [7, 11) is 5.20. The summed E-state index contributed by atoms with van der Waals surface area (Å²) in [6.07, 6.45) is 6.54. The first kappa shape index (κ1) is 37.9. The van der Waals surface area contributed by atoms with E-state index in [0.29, 0.717) is 19.0 Å². The number of nitriles is 1. The van der Waals surface area contributed by atoms with Crippen molar-refractivity contribution in [1.82, 2.24) is 14.4 Å². The number of allylic oxidation sites excluding steroid dienone is 1. The summed E-state index contributed by atoms with van der Waals surface area (Å²) < 4.78 is 13.6. The van der Waals surface area contributed by atoms with E-state index in [0.717, 1.165) is 71.7 Å². The highest BCUT2D eigenvalue weighted by Gasteiger charge is 2.38. The normalized spacial score (nSPS) is 19.3. The molecule has 51 heavy (non-hydrogen) atoms. The number of fused-ring (bicyclic) bond motifs is 1. The van der Waals surface area contributed by atoms with Crippen molar-refractivity contribution in [2.75, 3.05) is 33.9 Å². The highest BCUT2D eigenvalue weighted by molar-refractivity contribution is 5.97. The summed E-state index contributed by atoms with van der Waals surface area (Å²) in [6, 6.07) is 12.8. The third kappa shape index (κ3) is 7.79. The Morgan fingerprint density at radius 1 is 1.08 bits per heavy atom. The molecule has 0 aliphatic carbocycles. The van der Waals surface area contributed by atoms with Gasteiger partial charge in [0.2, 0.25) is 0 Å². The van der Waals surface area contributed by atoms with Crippen LogP contribution in [0.4, 0.5) is 0 Å². The molecule has 5 rings (SSSR count). The molecular formula is C43H56N4O4. The third-order valence-electron chi connectivity index (χ3n) is 11.2. The van der Waals surface area contributed by atoms with Crippen molar-refractivity contribution in [2.45, 2.75) is 87.2 Å². The molecule has 2 aliphatic heterocycles. The van der Waals surface area contributed by atoms with Gasteiger partial charge in [-0.05, 0) is 103 Å². The van der Waals surface area contributed by atoms with E-state index in [1.165, 1.54) is 16.7 Å². The Morgan fingerprint density at radius 3 is 2.33 bits per heavy atom. The first-order valence-electron chi connectivity index (χ1n) is 18.2. The van der Waals surface area contributed by atoms with Crippen LogP contribution in [0.5, 0.6) is 11.5 Å². The van der Waals surface area contributed by atoms with E-state index in [1.54, 1.807) is 31.9 Å². The van der Waals surface area contributed by atoms with Crippen molar-refractivity contribution in [3.05, 3.63) is 91.9 Å². The van der Waals surface area contributed by atoms with Crippen molar-refractivity contribution in [1.29, 1.82) is 5.26 Å². The number of carbonyl (C=O) groups is 1. The van der Waals surface area contributed by atoms with Gasteiger partial charge in [-0.25, -0.2) is 0 Å². The number of amides is 1. The number of aryl methyl sites for hydroxylation is 1. The average Bonchev–Trinajstić information content (AvgIpc) is 3.08. The van der Waals surface area contributed by atoms with Crippen molar-refractivity contribution in [3.8, 4) is 28.7 Å². The van der Waals surface area contributed by atoms with Gasteiger partial charge < -0.3 is 18.9 Å². The minimum atomic E-state index is -0.250. The van der Waals surface area contributed by atoms with Crippen LogP contribution in [0, 0.1) is 41.9 Å². The lowest BCUT2D eigenvalue weighted by Gasteiger charge is -2.45. The SMILES string of the molecule is COc1cc(-c2cn(C)c(=O)c(C)c2C)cc(OC)c1CN1CCC(Cc2cccc3c2CCN(C(=O)/C(C#N)=C/C(C)(C)C)C3C)C(C)(C)C1. The monoisotopic (exact) mass is 692 g/mol. The number of rotatable bonds is 8. The first-order chi connectivity index (χ1) is 24.0. The number of aromatic nitrogens is 1. The molecule has 1 amide bonds. The van der Waals surface area contributed by atoms with Crippen molar-refractivity contribution >= 4 is 5.91 Å². The second kappa shape index (κ2) is 14.7. The maximum absolute atomic E-state index is 13.5. The molecule has 2 unspecified atom stereocenters. The van der Waals surface area contributed by atoms with E-state index in [4.69, 9.17) is 9.47 Å². The Hall–Kier alpha value is -4.35. The predicted octanol–water partition coefficient (Wildman–Crippen LogP) is 7.72. The standard InChI is InChI=1S/C43H56N4O4/c1-27-28(2)40(48)45(9)24-36(27)31-20-38(50-10)37(39(21-31)51-11)25-46-17-15-33(43(7,8)26-46)19-30-13-12-14-34-29(3)47(18-16-35(30)34)41(49)32(23-44)22-42(4,5)6/h12-14,20-22,24,29,33H,15-19,25-26H2,1-11H3/b32-22+. The molecule has 1 aromatic heterocycles. The van der Waals surface area contributed by atoms with Crippen LogP contribution < -0.4 is 15.0 Å². The molecule has 0 radical (unpaired) electrons. The number of methoxy groups -OCH3 is 2. The van der Waals surface area contributed by atoms with Crippen LogP contribution in [0.3, 0.4) is 0 Å². The van der Waals surface area contributed by atoms with E-state index in [2.05, 4.69) is 62.1 Å². The van der Waals surface area contributed by atoms with Gasteiger partial charge in [-0.2, -0.15) is 5.26 Å². The zero-order chi connectivity index (χ0) is 37.4. The Morgan fingerprint density at radius 2 is 1.75 bits per heavy atom. The van der Waals surface area contributed by atoms with Gasteiger partial charge in [-0.1, -0.05) is 58.9 Å². The second-order valence-corrected chi connectivity index (χ2v) is 16.4. The van der Waals surface area contributed by atoms with Gasteiger partial charge in [0.1, 0.15) is 23.1 Å². The molecule has 2 aromatic carbocycles. The van der Waals surface area contributed by atoms with E-state index in [1.807, 2.05) is 45.7 Å². The Bertz CT molecular complexity index is 1920. The van der Waals surface area contributed by atoms with Gasteiger partial charge in [0.25, 0.3) is 11.5 Å². The molecule has 0 bridgehead atoms. The van der Waals surface area contributed by atoms with Gasteiger partial charge in [-0.3, -0.25) is 14.5 Å². The molecule has 8 heteroatoms. The molecule has 3 aromatic rings. The molecule has 2 aliphatic rings. The quantitative estimate of drug-likeness (QED) is 0.178. The fourth-order valence-corrected chi connectivity index (χ4v) is 8.22. The average molecular weight is 693 g/mol. The largest absolute Gasteiger partial charge is 0.496 e. The van der Waals surface area contributed by atoms with Crippen LogP contribution in [0.1, 0.15) is 87.4 Å². The second-order valence-electron chi connectivity index (χ2n) is 16.4. The molecule has 0 saturated carbocycles. The molecule has 0 N–H and O–H groups in total. The van der Waals surface area contributed by atoms with Crippen LogP contribution in [-0.2, 0) is 31.2 Å². The van der Waals surface area contributed by atoms with E-state index < -0.39 is 0 Å². The maximum atomic E-state index is 13.5. The van der Waals surface area contributed by atoms with Crippen LogP contribution >= 0.6 is 0 Å². The number of hydrogen-bond donors (Lipinski definition) is 0. The number of carbonyl (C=O) groups excluding carboxylic acids is 1. The van der Waals surface area contributed by atoms with E-state index in [-0.39, 0.29) is 33.9 Å². The summed E-state index contributed by atoms with van der Waals surface area (Å²) in [5, 5.41) is 9.80. The molecular weight excluding hydrogens is 636 g/mol. The number of nitrogens with zero attached hydrogens (tertiary/aromatic N) is 4. The van der Waals surface area contributed by atoms with Crippen LogP contribution in [0.15, 0.2) is 53.0 Å². The fraction of sp³-hybridized carbons (Fsp3) is 0.512. The molecule has 0 spiro atoms. The Labute approximate surface area is 304 Å². The van der Waals surface area contributed by atoms with E-state index in [9.17, 15) is 14.9 Å². The van der Waals surface area contributed by atoms with Gasteiger partial charge in [0.15, 0.2) is 0 Å². The van der Waals surface area contributed by atoms with Crippen molar-refractivity contribution < 1.29 is 14.3 Å². The zero-order valence-electron chi connectivity index (χ0n) is 32.6. The van der Waals surface area contributed by atoms with Gasteiger partial charge >= 0.3 is 0 Å². The van der Waals surface area contributed by atoms with Crippen LogP contribution in [-0.4, -0.2) is 54.1 Å². The number of likely N-dealkylation sites (tertiary alicyclic amines) is 1. The lowest BCUT2D eigenvalue weighted by atomic mass is 9.70. The number of hydrogen-bond acceptors (Lipinski definition) is 6. The summed E-state index contributed by atoms with van der Waals surface area (Å²) in [6.45, 7) is 20.0. The minimum absolute atomic E-state index is 0.0116. The highest BCUT2D eigenvalue weighted by Crippen LogP contribution is 2.42. The van der Waals surface area contributed by atoms with E-state index >= 15 is 0 Å². The maximum Gasteiger partial charge on any atom is 0.264 e. The van der Waals surface area contributed by atoms with Crippen LogP contribution in [0.2, 0.25) is 0 Å². The first-order valence-corrected chi connectivity index (χ1v) is 18.2. The lowest BCUT2D eigenvalue weighted by molar-refractivity contribution is -0.129. The third-order valence-corrected chi connectivity index (χ3v) is 11.2. The molecule has 3 heterocycles. The van der Waals surface area contributed by atoms with Gasteiger partial charge in [0.05, 0.1) is 25.8 Å². The fourth-order valence-electron chi connectivity index (χ4n) is 8.22. The minimum Gasteiger partial charge on any atom is -0.496 e. The number of benzene rings is 2. The smallest absolute Gasteiger partial charge is 0.264 e. The van der Waals surface area contributed by atoms with Crippen LogP contribution in [0.25, 0.3) is 11.1 Å². The molecule has 272 valence electrons. The number of piperidine rings is 1.